The molecule has 2 unspecified atom stereocenters. The fourth-order valence-corrected chi connectivity index (χ4v) is 3.55. The molecule has 2 N–H and O–H groups in total. The van der Waals surface area contributed by atoms with E-state index in [1.54, 1.807) is 0 Å². The fourth-order valence-electron chi connectivity index (χ4n) is 3.55. The Morgan fingerprint density at radius 1 is 1.25 bits per heavy atom. The summed E-state index contributed by atoms with van der Waals surface area (Å²) < 4.78 is 6.22. The van der Waals surface area contributed by atoms with E-state index >= 15 is 0 Å². The number of ether oxygens (including phenoxy) is 1. The largest absolute Gasteiger partial charge is 0.474 e. The predicted octanol–water partition coefficient (Wildman–Crippen LogP) is 3.38. The van der Waals surface area contributed by atoms with Crippen molar-refractivity contribution < 1.29 is 4.74 Å². The normalized spacial score (nSPS) is 26.1. The first kappa shape index (κ1) is 13.9. The van der Waals surface area contributed by atoms with Gasteiger partial charge >= 0.3 is 0 Å². The first-order valence-corrected chi connectivity index (χ1v) is 8.14. The SMILES string of the molecule is CC1CCCC(Oc2nc3c(cc2CN)CCCC3)C1. The molecule has 0 aliphatic heterocycles. The monoisotopic (exact) mass is 274 g/mol. The molecule has 2 atom stereocenters. The zero-order valence-corrected chi connectivity index (χ0v) is 12.5. The van der Waals surface area contributed by atoms with Gasteiger partial charge in [0.05, 0.1) is 0 Å². The number of hydrogen-bond donors (Lipinski definition) is 1. The van der Waals surface area contributed by atoms with Gasteiger partial charge in [0.15, 0.2) is 0 Å². The van der Waals surface area contributed by atoms with E-state index in [1.807, 2.05) is 0 Å². The van der Waals surface area contributed by atoms with Crippen LogP contribution in [0, 0.1) is 5.92 Å². The number of aryl methyl sites for hydroxylation is 2. The maximum atomic E-state index is 6.22. The summed E-state index contributed by atoms with van der Waals surface area (Å²) in [5.74, 6) is 1.58. The molecule has 0 saturated heterocycles. The van der Waals surface area contributed by atoms with Crippen LogP contribution in [-0.4, -0.2) is 11.1 Å². The first-order valence-electron chi connectivity index (χ1n) is 8.14. The van der Waals surface area contributed by atoms with Crippen LogP contribution in [-0.2, 0) is 19.4 Å². The standard InChI is InChI=1S/C17H26N2O/c1-12-5-4-7-15(9-12)20-17-14(11-18)10-13-6-2-3-8-16(13)19-17/h10,12,15H,2-9,11,18H2,1H3. The molecule has 3 nitrogen and oxygen atoms in total. The van der Waals surface area contributed by atoms with Crippen LogP contribution in [0.4, 0.5) is 0 Å². The van der Waals surface area contributed by atoms with Crippen LogP contribution in [0.2, 0.25) is 0 Å². The molecule has 1 fully saturated rings. The second-order valence-corrected chi connectivity index (χ2v) is 6.48. The molecule has 0 radical (unpaired) electrons. The van der Waals surface area contributed by atoms with Crippen LogP contribution < -0.4 is 10.5 Å². The Balaban J connectivity index is 1.80. The average Bonchev–Trinajstić information content (AvgIpc) is 2.46. The number of nitrogens with two attached hydrogens (primary N) is 1. The maximum absolute atomic E-state index is 6.22. The molecule has 2 aliphatic rings. The summed E-state index contributed by atoms with van der Waals surface area (Å²) in [4.78, 5) is 4.80. The lowest BCUT2D eigenvalue weighted by molar-refractivity contribution is 0.122. The zero-order chi connectivity index (χ0) is 13.9. The summed E-state index contributed by atoms with van der Waals surface area (Å²) in [6, 6.07) is 2.24. The van der Waals surface area contributed by atoms with E-state index in [2.05, 4.69) is 13.0 Å². The van der Waals surface area contributed by atoms with E-state index < -0.39 is 0 Å². The van der Waals surface area contributed by atoms with Gasteiger partial charge in [0.2, 0.25) is 5.88 Å². The molecule has 110 valence electrons. The molecule has 1 aromatic heterocycles. The molecule has 3 rings (SSSR count). The molecule has 0 aromatic carbocycles. The van der Waals surface area contributed by atoms with Gasteiger partial charge < -0.3 is 10.5 Å². The van der Waals surface area contributed by atoms with Crippen molar-refractivity contribution in [2.45, 2.75) is 70.9 Å². The third-order valence-corrected chi connectivity index (χ3v) is 4.73. The molecule has 0 amide bonds. The lowest BCUT2D eigenvalue weighted by atomic mass is 9.88. The molecule has 3 heteroatoms. The predicted molar refractivity (Wildman–Crippen MR) is 80.8 cm³/mol. The third-order valence-electron chi connectivity index (χ3n) is 4.73. The quantitative estimate of drug-likeness (QED) is 0.919. The summed E-state index contributed by atoms with van der Waals surface area (Å²) in [6.45, 7) is 2.84. The summed E-state index contributed by atoms with van der Waals surface area (Å²) in [6.07, 6.45) is 10.0. The molecular formula is C17H26N2O. The molecule has 1 aromatic rings. The van der Waals surface area contributed by atoms with Gasteiger partial charge in [-0.25, -0.2) is 4.98 Å². The average molecular weight is 274 g/mol. The lowest BCUT2D eigenvalue weighted by Crippen LogP contribution is -2.25. The lowest BCUT2D eigenvalue weighted by Gasteiger charge is -2.28. The Bertz CT molecular complexity index is 472. The molecule has 1 saturated carbocycles. The molecule has 20 heavy (non-hydrogen) atoms. The summed E-state index contributed by atoms with van der Waals surface area (Å²) >= 11 is 0. The van der Waals surface area contributed by atoms with Crippen LogP contribution in [0.25, 0.3) is 0 Å². The van der Waals surface area contributed by atoms with Crippen molar-refractivity contribution in [1.82, 2.24) is 4.98 Å². The van der Waals surface area contributed by atoms with Gasteiger partial charge in [-0.05, 0) is 62.5 Å². The molecule has 1 heterocycles. The number of hydrogen-bond acceptors (Lipinski definition) is 3. The van der Waals surface area contributed by atoms with Gasteiger partial charge in [-0.15, -0.1) is 0 Å². The minimum absolute atomic E-state index is 0.332. The molecular weight excluding hydrogens is 248 g/mol. The minimum Gasteiger partial charge on any atom is -0.474 e. The highest BCUT2D eigenvalue weighted by Gasteiger charge is 2.23. The van der Waals surface area contributed by atoms with Crippen LogP contribution in [0.1, 0.15) is 62.3 Å². The second kappa shape index (κ2) is 6.13. The molecule has 0 spiro atoms. The summed E-state index contributed by atoms with van der Waals surface area (Å²) in [7, 11) is 0. The number of nitrogens with zero attached hydrogens (tertiary/aromatic N) is 1. The Kier molecular flexibility index (Phi) is 4.25. The Morgan fingerprint density at radius 2 is 2.10 bits per heavy atom. The van der Waals surface area contributed by atoms with Crippen molar-refractivity contribution in [3.05, 3.63) is 22.9 Å². The summed E-state index contributed by atoms with van der Waals surface area (Å²) in [5.41, 5.74) is 9.62. The zero-order valence-electron chi connectivity index (χ0n) is 12.5. The van der Waals surface area contributed by atoms with Gasteiger partial charge in [-0.1, -0.05) is 13.3 Å². The number of aromatic nitrogens is 1. The van der Waals surface area contributed by atoms with Crippen molar-refractivity contribution >= 4 is 0 Å². The first-order chi connectivity index (χ1) is 9.76. The van der Waals surface area contributed by atoms with Crippen molar-refractivity contribution in [3.63, 3.8) is 0 Å². The van der Waals surface area contributed by atoms with E-state index in [-0.39, 0.29) is 0 Å². The highest BCUT2D eigenvalue weighted by atomic mass is 16.5. The van der Waals surface area contributed by atoms with Crippen LogP contribution in [0.15, 0.2) is 6.07 Å². The number of rotatable bonds is 3. The maximum Gasteiger partial charge on any atom is 0.218 e. The van der Waals surface area contributed by atoms with Crippen molar-refractivity contribution in [2.24, 2.45) is 11.7 Å². The van der Waals surface area contributed by atoms with Crippen molar-refractivity contribution in [2.75, 3.05) is 0 Å². The van der Waals surface area contributed by atoms with E-state index in [0.717, 1.165) is 43.0 Å². The van der Waals surface area contributed by atoms with Crippen molar-refractivity contribution in [1.29, 1.82) is 0 Å². The van der Waals surface area contributed by atoms with E-state index in [9.17, 15) is 0 Å². The molecule has 0 bridgehead atoms. The fraction of sp³-hybridized carbons (Fsp3) is 0.706. The van der Waals surface area contributed by atoms with Gasteiger partial charge in [-0.3, -0.25) is 0 Å². The number of fused-ring (bicyclic) bond motifs is 1. The molecule has 2 aliphatic carbocycles. The Hall–Kier alpha value is -1.09. The van der Waals surface area contributed by atoms with Gasteiger partial charge in [0.25, 0.3) is 0 Å². The third kappa shape index (κ3) is 2.98. The highest BCUT2D eigenvalue weighted by molar-refractivity contribution is 5.36. The van der Waals surface area contributed by atoms with Crippen LogP contribution in [0.5, 0.6) is 5.88 Å². The summed E-state index contributed by atoms with van der Waals surface area (Å²) in [5, 5.41) is 0. The second-order valence-electron chi connectivity index (χ2n) is 6.48. The van der Waals surface area contributed by atoms with Crippen LogP contribution >= 0.6 is 0 Å². The Labute approximate surface area is 121 Å². The number of pyridine rings is 1. The van der Waals surface area contributed by atoms with Gasteiger partial charge in [0, 0.05) is 17.8 Å². The van der Waals surface area contributed by atoms with Gasteiger partial charge in [-0.2, -0.15) is 0 Å². The topological polar surface area (TPSA) is 48.1 Å². The van der Waals surface area contributed by atoms with E-state index in [1.165, 1.54) is 36.9 Å². The Morgan fingerprint density at radius 3 is 2.90 bits per heavy atom. The minimum atomic E-state index is 0.332. The van der Waals surface area contributed by atoms with E-state index in [0.29, 0.717) is 12.6 Å². The van der Waals surface area contributed by atoms with Crippen LogP contribution in [0.3, 0.4) is 0 Å². The van der Waals surface area contributed by atoms with E-state index in [4.69, 9.17) is 15.5 Å². The highest BCUT2D eigenvalue weighted by Crippen LogP contribution is 2.30. The van der Waals surface area contributed by atoms with Crippen molar-refractivity contribution in [3.8, 4) is 5.88 Å². The van der Waals surface area contributed by atoms with Gasteiger partial charge in [0.1, 0.15) is 6.10 Å². The smallest absolute Gasteiger partial charge is 0.218 e.